The summed E-state index contributed by atoms with van der Waals surface area (Å²) in [5.74, 6) is 0. The molecule has 0 aliphatic heterocycles. The van der Waals surface area contributed by atoms with E-state index in [0.29, 0.717) is 0 Å². The van der Waals surface area contributed by atoms with Gasteiger partial charge in [-0.25, -0.2) is 13.2 Å². The molecule has 5 nitrogen and oxygen atoms in total. The third-order valence-electron chi connectivity index (χ3n) is 1.51. The molecule has 0 radical (unpaired) electrons. The van der Waals surface area contributed by atoms with E-state index in [9.17, 15) is 13.2 Å². The zero-order valence-electron chi connectivity index (χ0n) is 7.42. The Morgan fingerprint density at radius 1 is 1.50 bits per heavy atom. The average Bonchev–Trinajstić information content (AvgIpc) is 1.97. The van der Waals surface area contributed by atoms with Crippen LogP contribution in [0.15, 0.2) is 0 Å². The summed E-state index contributed by atoms with van der Waals surface area (Å²) in [6.45, 7) is 1.68. The van der Waals surface area contributed by atoms with Gasteiger partial charge in [0.05, 0.1) is 5.25 Å². The van der Waals surface area contributed by atoms with Gasteiger partial charge in [-0.3, -0.25) is 0 Å². The van der Waals surface area contributed by atoms with Crippen LogP contribution in [0.4, 0.5) is 4.79 Å². The molecule has 0 aromatic rings. The summed E-state index contributed by atoms with van der Waals surface area (Å²) >= 11 is 0. The van der Waals surface area contributed by atoms with Crippen molar-refractivity contribution in [1.82, 2.24) is 10.6 Å². The van der Waals surface area contributed by atoms with Crippen LogP contribution in [0.5, 0.6) is 0 Å². The lowest BCUT2D eigenvalue weighted by atomic mass is 10.5. The number of urea groups is 1. The summed E-state index contributed by atoms with van der Waals surface area (Å²) in [5.41, 5.74) is 0. The first kappa shape index (κ1) is 11.2. The van der Waals surface area contributed by atoms with Crippen molar-refractivity contribution < 1.29 is 13.2 Å². The van der Waals surface area contributed by atoms with Gasteiger partial charge in [0.2, 0.25) is 0 Å². The lowest BCUT2D eigenvalue weighted by Crippen LogP contribution is -2.39. The van der Waals surface area contributed by atoms with Crippen LogP contribution in [-0.4, -0.2) is 39.5 Å². The van der Waals surface area contributed by atoms with Crippen LogP contribution in [0.3, 0.4) is 0 Å². The van der Waals surface area contributed by atoms with Gasteiger partial charge in [0, 0.05) is 19.8 Å². The highest BCUT2D eigenvalue weighted by atomic mass is 32.2. The number of rotatable bonds is 3. The normalized spacial score (nSPS) is 13.6. The fourth-order valence-electron chi connectivity index (χ4n) is 0.476. The van der Waals surface area contributed by atoms with Gasteiger partial charge in [-0.15, -0.1) is 0 Å². The number of amides is 2. The lowest BCUT2D eigenvalue weighted by molar-refractivity contribution is 0.243. The van der Waals surface area contributed by atoms with E-state index < -0.39 is 15.1 Å². The highest BCUT2D eigenvalue weighted by Crippen LogP contribution is 1.94. The number of carbonyl (C=O) groups excluding carboxylic acids is 1. The smallest absolute Gasteiger partial charge is 0.314 e. The Balaban J connectivity index is 3.88. The minimum atomic E-state index is -3.05. The van der Waals surface area contributed by atoms with Crippen molar-refractivity contribution >= 4 is 15.9 Å². The molecule has 0 saturated carbocycles. The third-order valence-corrected chi connectivity index (χ3v) is 3.14. The maximum absolute atomic E-state index is 10.9. The van der Waals surface area contributed by atoms with Gasteiger partial charge in [-0.05, 0) is 6.92 Å². The number of hydrogen-bond donors (Lipinski definition) is 2. The second-order valence-electron chi connectivity index (χ2n) is 2.60. The Labute approximate surface area is 72.5 Å². The van der Waals surface area contributed by atoms with Crippen LogP contribution >= 0.6 is 0 Å². The zero-order valence-corrected chi connectivity index (χ0v) is 8.23. The minimum Gasteiger partial charge on any atom is -0.341 e. The summed E-state index contributed by atoms with van der Waals surface area (Å²) in [7, 11) is -1.58. The average molecular weight is 194 g/mol. The molecular weight excluding hydrogens is 180 g/mol. The Hall–Kier alpha value is -0.780. The SMILES string of the molecule is CNC(=O)NCC(C)S(C)(=O)=O. The second-order valence-corrected chi connectivity index (χ2v) is 5.06. The molecule has 0 aromatic heterocycles. The zero-order chi connectivity index (χ0) is 9.78. The lowest BCUT2D eigenvalue weighted by Gasteiger charge is -2.09. The summed E-state index contributed by atoms with van der Waals surface area (Å²) in [6.07, 6.45) is 1.14. The van der Waals surface area contributed by atoms with Gasteiger partial charge in [0.15, 0.2) is 9.84 Å². The monoisotopic (exact) mass is 194 g/mol. The molecule has 0 heterocycles. The maximum Gasteiger partial charge on any atom is 0.314 e. The topological polar surface area (TPSA) is 75.3 Å². The Morgan fingerprint density at radius 3 is 2.33 bits per heavy atom. The first-order chi connectivity index (χ1) is 5.38. The number of carbonyl (C=O) groups is 1. The van der Waals surface area contributed by atoms with E-state index in [2.05, 4.69) is 10.6 Å². The van der Waals surface area contributed by atoms with Gasteiger partial charge >= 0.3 is 6.03 Å². The molecular formula is C6H14N2O3S. The van der Waals surface area contributed by atoms with Gasteiger partial charge in [0.1, 0.15) is 0 Å². The van der Waals surface area contributed by atoms with Crippen molar-refractivity contribution in [3.05, 3.63) is 0 Å². The predicted octanol–water partition coefficient (Wildman–Crippen LogP) is -0.651. The molecule has 0 spiro atoms. The molecule has 2 amide bonds. The van der Waals surface area contributed by atoms with E-state index in [1.54, 1.807) is 6.92 Å². The Bertz CT molecular complexity index is 248. The highest BCUT2D eigenvalue weighted by Gasteiger charge is 2.14. The molecule has 0 aliphatic rings. The molecule has 0 fully saturated rings. The van der Waals surface area contributed by atoms with Crippen LogP contribution in [-0.2, 0) is 9.84 Å². The molecule has 1 atom stereocenters. The van der Waals surface area contributed by atoms with Crippen LogP contribution in [0.2, 0.25) is 0 Å². The first-order valence-electron chi connectivity index (χ1n) is 3.52. The fraction of sp³-hybridized carbons (Fsp3) is 0.833. The van der Waals surface area contributed by atoms with Crippen molar-refractivity contribution in [3.63, 3.8) is 0 Å². The summed E-state index contributed by atoms with van der Waals surface area (Å²) in [4.78, 5) is 10.6. The number of nitrogens with one attached hydrogen (secondary N) is 2. The van der Waals surface area contributed by atoms with Gasteiger partial charge in [-0.1, -0.05) is 0 Å². The first-order valence-corrected chi connectivity index (χ1v) is 5.48. The van der Waals surface area contributed by atoms with Crippen LogP contribution in [0, 0.1) is 0 Å². The van der Waals surface area contributed by atoms with Crippen molar-refractivity contribution in [2.45, 2.75) is 12.2 Å². The third kappa shape index (κ3) is 4.17. The molecule has 72 valence electrons. The van der Waals surface area contributed by atoms with E-state index in [1.165, 1.54) is 7.05 Å². The predicted molar refractivity (Wildman–Crippen MR) is 46.8 cm³/mol. The van der Waals surface area contributed by atoms with Gasteiger partial charge < -0.3 is 10.6 Å². The van der Waals surface area contributed by atoms with E-state index >= 15 is 0 Å². The molecule has 1 unspecified atom stereocenters. The fourth-order valence-corrected chi connectivity index (χ4v) is 0.862. The second kappa shape index (κ2) is 4.30. The van der Waals surface area contributed by atoms with Crippen molar-refractivity contribution in [3.8, 4) is 0 Å². The van der Waals surface area contributed by atoms with E-state index in [1.807, 2.05) is 0 Å². The molecule has 6 heteroatoms. The molecule has 0 aromatic carbocycles. The van der Waals surface area contributed by atoms with E-state index in [0.717, 1.165) is 6.26 Å². The van der Waals surface area contributed by atoms with Gasteiger partial charge in [0.25, 0.3) is 0 Å². The molecule has 2 N–H and O–H groups in total. The summed E-state index contributed by atoms with van der Waals surface area (Å²) < 4.78 is 21.7. The maximum atomic E-state index is 10.9. The molecule has 12 heavy (non-hydrogen) atoms. The van der Waals surface area contributed by atoms with Crippen molar-refractivity contribution in [2.24, 2.45) is 0 Å². The Kier molecular flexibility index (Phi) is 4.02. The largest absolute Gasteiger partial charge is 0.341 e. The molecule has 0 aliphatic carbocycles. The number of sulfone groups is 1. The minimum absolute atomic E-state index is 0.137. The quantitative estimate of drug-likeness (QED) is 0.627. The standard InChI is InChI=1S/C6H14N2O3S/c1-5(12(3,10)11)4-8-6(9)7-2/h5H,4H2,1-3H3,(H2,7,8,9). The molecule has 0 bridgehead atoms. The van der Waals surface area contributed by atoms with Crippen LogP contribution in [0.1, 0.15) is 6.92 Å². The van der Waals surface area contributed by atoms with Crippen molar-refractivity contribution in [2.75, 3.05) is 19.8 Å². The van der Waals surface area contributed by atoms with E-state index in [4.69, 9.17) is 0 Å². The van der Waals surface area contributed by atoms with Gasteiger partial charge in [-0.2, -0.15) is 0 Å². The van der Waals surface area contributed by atoms with Crippen LogP contribution in [0.25, 0.3) is 0 Å². The summed E-state index contributed by atoms with van der Waals surface area (Å²) in [6, 6.07) is -0.370. The Morgan fingerprint density at radius 2 is 2.00 bits per heavy atom. The molecule has 0 rings (SSSR count). The highest BCUT2D eigenvalue weighted by molar-refractivity contribution is 7.91. The van der Waals surface area contributed by atoms with Crippen LogP contribution < -0.4 is 10.6 Å². The summed E-state index contributed by atoms with van der Waals surface area (Å²) in [5, 5.41) is 4.19. The van der Waals surface area contributed by atoms with E-state index in [-0.39, 0.29) is 12.6 Å². The number of hydrogen-bond acceptors (Lipinski definition) is 3. The van der Waals surface area contributed by atoms with Crippen molar-refractivity contribution in [1.29, 1.82) is 0 Å². The molecule has 0 saturated heterocycles.